The molecule has 0 aliphatic carbocycles. The fourth-order valence-corrected chi connectivity index (χ4v) is 4.45. The number of nitrogens with zero attached hydrogens (tertiary/aromatic N) is 6. The van der Waals surface area contributed by atoms with Crippen LogP contribution in [0.15, 0.2) is 29.6 Å². The number of aryl methyl sites for hydroxylation is 1. The fourth-order valence-electron chi connectivity index (χ4n) is 3.57. The monoisotopic (exact) mass is 498 g/mol. The van der Waals surface area contributed by atoms with Gasteiger partial charge in [-0.15, -0.1) is 0 Å². The van der Waals surface area contributed by atoms with Gasteiger partial charge in [-0.1, -0.05) is 11.8 Å². The number of carbonyl (C=O) groups is 2. The Bertz CT molecular complexity index is 1250. The fraction of sp³-hybridized carbons (Fsp3) is 0.400. The first kappa shape index (κ1) is 24.0. The first-order valence-electron chi connectivity index (χ1n) is 9.99. The normalized spacial score (nSPS) is 18.6. The van der Waals surface area contributed by atoms with E-state index in [1.165, 1.54) is 41.2 Å². The Labute approximate surface area is 194 Å². The van der Waals surface area contributed by atoms with E-state index in [1.807, 2.05) is 0 Å². The van der Waals surface area contributed by atoms with Crippen LogP contribution in [0.1, 0.15) is 28.3 Å². The largest absolute Gasteiger partial charge is 0.451 e. The van der Waals surface area contributed by atoms with Crippen molar-refractivity contribution < 1.29 is 32.3 Å². The summed E-state index contributed by atoms with van der Waals surface area (Å²) in [4.78, 5) is 36.5. The Morgan fingerprint density at radius 1 is 1.24 bits per heavy atom. The molecule has 1 N–H and O–H groups in total. The molecule has 3 aromatic rings. The third kappa shape index (κ3) is 4.59. The summed E-state index contributed by atoms with van der Waals surface area (Å²) in [6.45, 7) is -0.827. The third-order valence-electron chi connectivity index (χ3n) is 5.40. The van der Waals surface area contributed by atoms with E-state index in [1.54, 1.807) is 0 Å². The maximum Gasteiger partial charge on any atom is 0.451 e. The highest BCUT2D eigenvalue weighted by Crippen LogP contribution is 2.35. The van der Waals surface area contributed by atoms with Crippen molar-refractivity contribution in [3.05, 3.63) is 41.6 Å². The number of alkyl halides is 4. The van der Waals surface area contributed by atoms with Gasteiger partial charge in [-0.3, -0.25) is 19.3 Å². The number of carbonyl (C=O) groups excluding carboxylic acids is 2. The molecule has 14 heteroatoms. The van der Waals surface area contributed by atoms with E-state index in [-0.39, 0.29) is 52.6 Å². The molecule has 3 aromatic heterocycles. The van der Waals surface area contributed by atoms with Gasteiger partial charge in [0.1, 0.15) is 11.6 Å². The van der Waals surface area contributed by atoms with Crippen molar-refractivity contribution in [3.63, 3.8) is 0 Å². The Hall–Kier alpha value is -3.13. The highest BCUT2D eigenvalue weighted by atomic mass is 32.2. The van der Waals surface area contributed by atoms with Crippen LogP contribution in [-0.4, -0.2) is 71.9 Å². The maximum atomic E-state index is 15.2. The SMILES string of the molecule is Cn1ncc2c(SCC(=O)c3ccc(C4(F)CCN(C(=O)CO)C4)nc3)nc(C(F)(F)F)nc21. The lowest BCUT2D eigenvalue weighted by atomic mass is 9.99. The second kappa shape index (κ2) is 8.91. The van der Waals surface area contributed by atoms with E-state index in [2.05, 4.69) is 20.1 Å². The Morgan fingerprint density at radius 3 is 2.65 bits per heavy atom. The second-order valence-electron chi connectivity index (χ2n) is 7.69. The summed E-state index contributed by atoms with van der Waals surface area (Å²) in [6.07, 6.45) is -2.24. The molecule has 1 aliphatic heterocycles. The molecule has 0 aromatic carbocycles. The number of Topliss-reactive ketones (excluding diaryl/α,β-unsaturated/α-hetero) is 1. The van der Waals surface area contributed by atoms with Crippen LogP contribution in [0.3, 0.4) is 0 Å². The van der Waals surface area contributed by atoms with E-state index in [4.69, 9.17) is 5.11 Å². The minimum Gasteiger partial charge on any atom is -0.387 e. The molecule has 1 atom stereocenters. The highest BCUT2D eigenvalue weighted by molar-refractivity contribution is 8.00. The van der Waals surface area contributed by atoms with Gasteiger partial charge in [0.25, 0.3) is 0 Å². The molecule has 1 fully saturated rings. The van der Waals surface area contributed by atoms with Crippen LogP contribution in [0.2, 0.25) is 0 Å². The number of hydrogen-bond donors (Lipinski definition) is 1. The number of ketones is 1. The number of likely N-dealkylation sites (tertiary alicyclic amines) is 1. The summed E-state index contributed by atoms with van der Waals surface area (Å²) >= 11 is 0.808. The van der Waals surface area contributed by atoms with Gasteiger partial charge in [-0.25, -0.2) is 14.4 Å². The van der Waals surface area contributed by atoms with Gasteiger partial charge in [0, 0.05) is 31.8 Å². The van der Waals surface area contributed by atoms with E-state index >= 15 is 4.39 Å². The zero-order valence-corrected chi connectivity index (χ0v) is 18.5. The lowest BCUT2D eigenvalue weighted by Gasteiger charge is -2.20. The van der Waals surface area contributed by atoms with Crippen molar-refractivity contribution in [2.45, 2.75) is 23.3 Å². The lowest BCUT2D eigenvalue weighted by Crippen LogP contribution is -2.34. The summed E-state index contributed by atoms with van der Waals surface area (Å²) < 4.78 is 56.0. The molecule has 9 nitrogen and oxygen atoms in total. The highest BCUT2D eigenvalue weighted by Gasteiger charge is 2.42. The minimum absolute atomic E-state index is 0.00520. The number of thioether (sulfide) groups is 1. The topological polar surface area (TPSA) is 114 Å². The quantitative estimate of drug-likeness (QED) is 0.238. The summed E-state index contributed by atoms with van der Waals surface area (Å²) in [5.74, 6) is -2.59. The van der Waals surface area contributed by atoms with Gasteiger partial charge in [0.05, 0.1) is 29.6 Å². The van der Waals surface area contributed by atoms with Crippen molar-refractivity contribution in [2.24, 2.45) is 7.05 Å². The van der Waals surface area contributed by atoms with Crippen LogP contribution in [0.25, 0.3) is 11.0 Å². The molecule has 1 aliphatic rings. The molecular weight excluding hydrogens is 480 g/mol. The van der Waals surface area contributed by atoms with Gasteiger partial charge in [0.2, 0.25) is 11.7 Å². The number of hydrogen-bond acceptors (Lipinski definition) is 8. The van der Waals surface area contributed by atoms with Crippen LogP contribution in [0.5, 0.6) is 0 Å². The predicted octanol–water partition coefficient (Wildman–Crippen LogP) is 2.14. The lowest BCUT2D eigenvalue weighted by molar-refractivity contribution is -0.145. The summed E-state index contributed by atoms with van der Waals surface area (Å²) in [5, 5.41) is 13.1. The molecule has 0 spiro atoms. The molecule has 0 radical (unpaired) electrons. The average molecular weight is 498 g/mol. The molecule has 34 heavy (non-hydrogen) atoms. The van der Waals surface area contributed by atoms with Crippen molar-refractivity contribution in [1.29, 1.82) is 0 Å². The van der Waals surface area contributed by atoms with Crippen LogP contribution in [0, 0.1) is 0 Å². The first-order valence-corrected chi connectivity index (χ1v) is 11.0. The minimum atomic E-state index is -4.77. The van der Waals surface area contributed by atoms with E-state index < -0.39 is 36.0 Å². The van der Waals surface area contributed by atoms with Gasteiger partial charge >= 0.3 is 6.18 Å². The third-order valence-corrected chi connectivity index (χ3v) is 6.39. The number of amides is 1. The molecule has 1 amide bonds. The number of aromatic nitrogens is 5. The van der Waals surface area contributed by atoms with Gasteiger partial charge < -0.3 is 10.0 Å². The van der Waals surface area contributed by atoms with Crippen molar-refractivity contribution in [2.75, 3.05) is 25.4 Å². The molecule has 0 saturated carbocycles. The molecule has 1 unspecified atom stereocenters. The van der Waals surface area contributed by atoms with Crippen LogP contribution in [-0.2, 0) is 23.7 Å². The molecular formula is C20H18F4N6O3S. The van der Waals surface area contributed by atoms with Crippen LogP contribution in [0.4, 0.5) is 17.6 Å². The van der Waals surface area contributed by atoms with E-state index in [9.17, 15) is 22.8 Å². The van der Waals surface area contributed by atoms with Crippen molar-refractivity contribution in [3.8, 4) is 0 Å². The molecule has 1 saturated heterocycles. The first-order chi connectivity index (χ1) is 16.0. The summed E-state index contributed by atoms with van der Waals surface area (Å²) in [5.41, 5.74) is -1.72. The Morgan fingerprint density at radius 2 is 2.00 bits per heavy atom. The van der Waals surface area contributed by atoms with Gasteiger partial charge in [-0.2, -0.15) is 18.3 Å². The number of aliphatic hydroxyl groups excluding tert-OH is 1. The van der Waals surface area contributed by atoms with Crippen molar-refractivity contribution >= 4 is 34.5 Å². The second-order valence-corrected chi connectivity index (χ2v) is 8.65. The molecule has 180 valence electrons. The smallest absolute Gasteiger partial charge is 0.387 e. The predicted molar refractivity (Wildman–Crippen MR) is 112 cm³/mol. The zero-order valence-electron chi connectivity index (χ0n) is 17.7. The van der Waals surface area contributed by atoms with Gasteiger partial charge in [-0.05, 0) is 12.1 Å². The maximum absolute atomic E-state index is 15.2. The number of halogens is 4. The van der Waals surface area contributed by atoms with E-state index in [0.717, 1.165) is 11.8 Å². The number of rotatable bonds is 6. The van der Waals surface area contributed by atoms with Crippen LogP contribution >= 0.6 is 11.8 Å². The number of pyridine rings is 1. The van der Waals surface area contributed by atoms with Crippen molar-refractivity contribution in [1.82, 2.24) is 29.6 Å². The zero-order chi connectivity index (χ0) is 24.7. The summed E-state index contributed by atoms with van der Waals surface area (Å²) in [7, 11) is 1.45. The van der Waals surface area contributed by atoms with E-state index in [0.29, 0.717) is 0 Å². The molecule has 0 bridgehead atoms. The summed E-state index contributed by atoms with van der Waals surface area (Å²) in [6, 6.07) is 2.72. The Kier molecular flexibility index (Phi) is 6.29. The number of aliphatic hydroxyl groups is 1. The number of fused-ring (bicyclic) bond motifs is 1. The van der Waals surface area contributed by atoms with Gasteiger partial charge in [0.15, 0.2) is 17.1 Å². The Balaban J connectivity index is 1.48. The molecule has 4 rings (SSSR count). The van der Waals surface area contributed by atoms with Crippen LogP contribution < -0.4 is 0 Å². The molecule has 4 heterocycles. The standard InChI is InChI=1S/C20H18F4N6O3S/c1-29-16-12(7-26-29)17(28-18(27-16)20(22,23)24)34-9-13(32)11-2-3-14(25-6-11)19(21)4-5-30(10-19)15(33)8-31/h2-3,6-7,31H,4-5,8-10H2,1H3. The average Bonchev–Trinajstić information content (AvgIpc) is 3.40.